The molecule has 0 bridgehead atoms. The SMILES string of the molecule is Brc1nnc(-c2cccnc2Br)s1. The molecule has 0 saturated carbocycles. The second-order valence-corrected chi connectivity index (χ2v) is 5.21. The molecule has 0 spiro atoms. The van der Waals surface area contributed by atoms with E-state index in [4.69, 9.17) is 0 Å². The highest BCUT2D eigenvalue weighted by molar-refractivity contribution is 9.11. The zero-order chi connectivity index (χ0) is 9.26. The maximum atomic E-state index is 4.11. The first kappa shape index (κ1) is 9.23. The highest BCUT2D eigenvalue weighted by atomic mass is 79.9. The fraction of sp³-hybridized carbons (Fsp3) is 0. The molecule has 6 heteroatoms. The van der Waals surface area contributed by atoms with Gasteiger partial charge in [0.15, 0.2) is 8.92 Å². The summed E-state index contributed by atoms with van der Waals surface area (Å²) in [6.45, 7) is 0. The van der Waals surface area contributed by atoms with Gasteiger partial charge >= 0.3 is 0 Å². The van der Waals surface area contributed by atoms with Crippen molar-refractivity contribution in [1.82, 2.24) is 15.2 Å². The van der Waals surface area contributed by atoms with Crippen molar-refractivity contribution in [3.05, 3.63) is 26.8 Å². The van der Waals surface area contributed by atoms with Gasteiger partial charge in [0, 0.05) is 11.8 Å². The van der Waals surface area contributed by atoms with Crippen LogP contribution in [0.1, 0.15) is 0 Å². The number of aromatic nitrogens is 3. The van der Waals surface area contributed by atoms with Crippen molar-refractivity contribution in [2.75, 3.05) is 0 Å². The largest absolute Gasteiger partial charge is 0.249 e. The molecule has 0 atom stereocenters. The van der Waals surface area contributed by atoms with Gasteiger partial charge in [-0.1, -0.05) is 11.3 Å². The molecule has 0 saturated heterocycles. The minimum absolute atomic E-state index is 0.776. The van der Waals surface area contributed by atoms with Crippen LogP contribution >= 0.6 is 43.2 Å². The van der Waals surface area contributed by atoms with Crippen molar-refractivity contribution in [3.8, 4) is 10.6 Å². The molecular formula is C7H3Br2N3S. The number of pyridine rings is 1. The van der Waals surface area contributed by atoms with E-state index in [9.17, 15) is 0 Å². The van der Waals surface area contributed by atoms with Crippen molar-refractivity contribution >= 4 is 43.2 Å². The van der Waals surface area contributed by atoms with Gasteiger partial charge in [0.2, 0.25) is 0 Å². The Morgan fingerprint density at radius 2 is 2.08 bits per heavy atom. The van der Waals surface area contributed by atoms with Crippen molar-refractivity contribution in [2.45, 2.75) is 0 Å². The molecule has 3 nitrogen and oxygen atoms in total. The zero-order valence-electron chi connectivity index (χ0n) is 6.24. The maximum absolute atomic E-state index is 4.11. The van der Waals surface area contributed by atoms with Gasteiger partial charge in [-0.25, -0.2) is 4.98 Å². The molecule has 0 amide bonds. The van der Waals surface area contributed by atoms with Gasteiger partial charge < -0.3 is 0 Å². The molecule has 0 aliphatic heterocycles. The molecule has 2 aromatic heterocycles. The molecule has 2 heterocycles. The normalized spacial score (nSPS) is 10.3. The third-order valence-electron chi connectivity index (χ3n) is 1.39. The minimum Gasteiger partial charge on any atom is -0.249 e. The van der Waals surface area contributed by atoms with Crippen molar-refractivity contribution in [3.63, 3.8) is 0 Å². The van der Waals surface area contributed by atoms with Crippen molar-refractivity contribution < 1.29 is 0 Å². The number of rotatable bonds is 1. The first-order chi connectivity index (χ1) is 6.27. The Kier molecular flexibility index (Phi) is 2.71. The van der Waals surface area contributed by atoms with E-state index in [-0.39, 0.29) is 0 Å². The first-order valence-corrected chi connectivity index (χ1v) is 5.77. The minimum atomic E-state index is 0.776. The summed E-state index contributed by atoms with van der Waals surface area (Å²) in [7, 11) is 0. The van der Waals surface area contributed by atoms with Crippen LogP contribution in [0, 0.1) is 0 Å². The molecule has 0 aliphatic carbocycles. The Morgan fingerprint density at radius 3 is 2.69 bits per heavy atom. The maximum Gasteiger partial charge on any atom is 0.183 e. The van der Waals surface area contributed by atoms with Crippen LogP contribution in [0.4, 0.5) is 0 Å². The fourth-order valence-corrected chi connectivity index (χ4v) is 2.57. The van der Waals surface area contributed by atoms with Gasteiger partial charge in [0.05, 0.1) is 0 Å². The summed E-state index contributed by atoms with van der Waals surface area (Å²) in [6.07, 6.45) is 1.73. The molecule has 0 aliphatic rings. The summed E-state index contributed by atoms with van der Waals surface area (Å²) < 4.78 is 1.57. The van der Waals surface area contributed by atoms with Crippen LogP contribution in [0.15, 0.2) is 26.8 Å². The van der Waals surface area contributed by atoms with E-state index in [1.807, 2.05) is 12.1 Å². The Bertz CT molecular complexity index is 429. The van der Waals surface area contributed by atoms with E-state index >= 15 is 0 Å². The summed E-state index contributed by atoms with van der Waals surface area (Å²) in [4.78, 5) is 4.11. The number of hydrogen-bond acceptors (Lipinski definition) is 4. The van der Waals surface area contributed by atoms with E-state index < -0.39 is 0 Å². The second-order valence-electron chi connectivity index (χ2n) is 2.20. The van der Waals surface area contributed by atoms with Crippen LogP contribution in [-0.2, 0) is 0 Å². The van der Waals surface area contributed by atoms with E-state index in [0.29, 0.717) is 0 Å². The van der Waals surface area contributed by atoms with E-state index in [0.717, 1.165) is 19.1 Å². The number of halogens is 2. The van der Waals surface area contributed by atoms with Gasteiger partial charge in [-0.2, -0.15) is 0 Å². The highest BCUT2D eigenvalue weighted by Crippen LogP contribution is 2.30. The summed E-state index contributed by atoms with van der Waals surface area (Å²) in [5, 5.41) is 8.72. The Morgan fingerprint density at radius 1 is 1.23 bits per heavy atom. The smallest absolute Gasteiger partial charge is 0.183 e. The fourth-order valence-electron chi connectivity index (χ4n) is 0.860. The Hall–Kier alpha value is -0.330. The van der Waals surface area contributed by atoms with Crippen molar-refractivity contribution in [1.29, 1.82) is 0 Å². The topological polar surface area (TPSA) is 38.7 Å². The predicted molar refractivity (Wildman–Crippen MR) is 58.5 cm³/mol. The van der Waals surface area contributed by atoms with Crippen LogP contribution in [0.2, 0.25) is 0 Å². The average molecular weight is 321 g/mol. The molecule has 0 fully saturated rings. The van der Waals surface area contributed by atoms with Crippen LogP contribution in [0.5, 0.6) is 0 Å². The van der Waals surface area contributed by atoms with Gasteiger partial charge in [0.25, 0.3) is 0 Å². The third-order valence-corrected chi connectivity index (χ3v) is 3.41. The molecule has 13 heavy (non-hydrogen) atoms. The van der Waals surface area contributed by atoms with Gasteiger partial charge in [-0.15, -0.1) is 10.2 Å². The lowest BCUT2D eigenvalue weighted by atomic mass is 10.3. The van der Waals surface area contributed by atoms with E-state index in [1.54, 1.807) is 6.20 Å². The van der Waals surface area contributed by atoms with Crippen molar-refractivity contribution in [2.24, 2.45) is 0 Å². The van der Waals surface area contributed by atoms with E-state index in [1.165, 1.54) is 11.3 Å². The molecule has 0 N–H and O–H groups in total. The summed E-state index contributed by atoms with van der Waals surface area (Å²) in [5.74, 6) is 0. The quantitative estimate of drug-likeness (QED) is 0.758. The number of nitrogens with zero attached hydrogens (tertiary/aromatic N) is 3. The van der Waals surface area contributed by atoms with Gasteiger partial charge in [-0.3, -0.25) is 0 Å². The summed E-state index contributed by atoms with van der Waals surface area (Å²) in [5.41, 5.74) is 0.964. The van der Waals surface area contributed by atoms with Crippen LogP contribution in [-0.4, -0.2) is 15.2 Å². The lowest BCUT2D eigenvalue weighted by Crippen LogP contribution is -1.81. The second kappa shape index (κ2) is 3.81. The Balaban J connectivity index is 2.52. The van der Waals surface area contributed by atoms with Crippen LogP contribution in [0.3, 0.4) is 0 Å². The monoisotopic (exact) mass is 319 g/mol. The third kappa shape index (κ3) is 1.95. The predicted octanol–water partition coefficient (Wildman–Crippen LogP) is 3.13. The molecule has 0 radical (unpaired) electrons. The highest BCUT2D eigenvalue weighted by Gasteiger charge is 2.08. The van der Waals surface area contributed by atoms with Crippen LogP contribution in [0.25, 0.3) is 10.6 Å². The number of hydrogen-bond donors (Lipinski definition) is 0. The van der Waals surface area contributed by atoms with Gasteiger partial charge in [0.1, 0.15) is 4.60 Å². The molecule has 2 aromatic rings. The molecular weight excluding hydrogens is 318 g/mol. The molecule has 2 rings (SSSR count). The summed E-state index contributed by atoms with van der Waals surface area (Å²) >= 11 is 8.10. The van der Waals surface area contributed by atoms with Gasteiger partial charge in [-0.05, 0) is 44.0 Å². The van der Waals surface area contributed by atoms with E-state index in [2.05, 4.69) is 47.0 Å². The average Bonchev–Trinajstić information content (AvgIpc) is 2.53. The van der Waals surface area contributed by atoms with Crippen LogP contribution < -0.4 is 0 Å². The summed E-state index contributed by atoms with van der Waals surface area (Å²) in [6, 6.07) is 3.82. The lowest BCUT2D eigenvalue weighted by Gasteiger charge is -1.95. The molecule has 66 valence electrons. The molecule has 0 aromatic carbocycles. The standard InChI is InChI=1S/C7H3Br2N3S/c8-5-4(2-1-3-10-5)6-11-12-7(9)13-6/h1-3H. The molecule has 0 unspecified atom stereocenters. The first-order valence-electron chi connectivity index (χ1n) is 3.37. The Labute approximate surface area is 95.5 Å². The lowest BCUT2D eigenvalue weighted by molar-refractivity contribution is 1.07. The zero-order valence-corrected chi connectivity index (χ0v) is 10.2.